The highest BCUT2D eigenvalue weighted by Gasteiger charge is 2.21. The number of anilines is 2. The van der Waals surface area contributed by atoms with Gasteiger partial charge in [-0.2, -0.15) is 4.98 Å². The molecule has 0 aliphatic carbocycles. The van der Waals surface area contributed by atoms with Gasteiger partial charge in [-0.25, -0.2) is 9.97 Å². The molecule has 8 nitrogen and oxygen atoms in total. The van der Waals surface area contributed by atoms with Gasteiger partial charge in [-0.05, 0) is 47.7 Å². The van der Waals surface area contributed by atoms with Crippen LogP contribution in [-0.2, 0) is 24.4 Å². The summed E-state index contributed by atoms with van der Waals surface area (Å²) in [6, 6.07) is 16.4. The lowest BCUT2D eigenvalue weighted by Gasteiger charge is -2.21. The molecule has 2 aromatic heterocycles. The monoisotopic (exact) mass is 551 g/mol. The zero-order valence-electron chi connectivity index (χ0n) is 21.4. The third kappa shape index (κ3) is 8.46. The van der Waals surface area contributed by atoms with E-state index in [1.165, 1.54) is 0 Å². The van der Waals surface area contributed by atoms with Crippen LogP contribution in [0.5, 0.6) is 0 Å². The van der Waals surface area contributed by atoms with Crippen molar-refractivity contribution in [3.05, 3.63) is 100 Å². The molecule has 0 saturated heterocycles. The van der Waals surface area contributed by atoms with Crippen LogP contribution in [0, 0.1) is 5.92 Å². The summed E-state index contributed by atoms with van der Waals surface area (Å²) in [5.41, 5.74) is 2.76. The van der Waals surface area contributed by atoms with E-state index in [0.29, 0.717) is 53.8 Å². The average molecular weight is 553 g/mol. The van der Waals surface area contributed by atoms with Gasteiger partial charge in [0.1, 0.15) is 11.9 Å². The molecule has 0 bridgehead atoms. The number of benzene rings is 2. The van der Waals surface area contributed by atoms with Crippen LogP contribution in [0.4, 0.5) is 11.8 Å². The van der Waals surface area contributed by atoms with E-state index in [1.54, 1.807) is 12.5 Å². The SMILES string of the molecule is CC(C)CC(Nc1cc(Cn2ccnc2)nc(NCc2cccc(Cl)c2)n1)C(=O)NCc1ccc(Cl)cc1. The van der Waals surface area contributed by atoms with Crippen LogP contribution in [0.15, 0.2) is 73.3 Å². The molecule has 10 heteroatoms. The van der Waals surface area contributed by atoms with E-state index >= 15 is 0 Å². The summed E-state index contributed by atoms with van der Waals surface area (Å²) in [7, 11) is 0. The van der Waals surface area contributed by atoms with Crippen molar-refractivity contribution in [2.45, 2.75) is 45.9 Å². The van der Waals surface area contributed by atoms with E-state index in [0.717, 1.165) is 16.8 Å². The van der Waals surface area contributed by atoms with Gasteiger partial charge in [-0.3, -0.25) is 4.79 Å². The van der Waals surface area contributed by atoms with E-state index in [1.807, 2.05) is 65.4 Å². The van der Waals surface area contributed by atoms with Crippen LogP contribution in [0.1, 0.15) is 37.1 Å². The minimum Gasteiger partial charge on any atom is -0.358 e. The van der Waals surface area contributed by atoms with Crippen molar-refractivity contribution in [2.75, 3.05) is 10.6 Å². The standard InChI is InChI=1S/C28H31Cl2N7O/c1-19(2)12-25(27(38)32-15-20-6-8-22(29)9-7-20)35-26-14-24(17-37-11-10-31-18-37)34-28(36-26)33-16-21-4-3-5-23(30)13-21/h3-11,13-14,18-19,25H,12,15-17H2,1-2H3,(H,32,38)(H2,33,34,35,36). The van der Waals surface area contributed by atoms with E-state index in [4.69, 9.17) is 23.2 Å². The Labute approximate surface area is 232 Å². The fourth-order valence-corrected chi connectivity index (χ4v) is 4.26. The molecule has 4 rings (SSSR count). The van der Waals surface area contributed by atoms with Gasteiger partial charge in [0.2, 0.25) is 11.9 Å². The second-order valence-corrected chi connectivity index (χ2v) is 10.3. The minimum atomic E-state index is -0.473. The van der Waals surface area contributed by atoms with Gasteiger partial charge in [0.05, 0.1) is 18.6 Å². The number of halogens is 2. The first-order valence-corrected chi connectivity index (χ1v) is 13.2. The lowest BCUT2D eigenvalue weighted by molar-refractivity contribution is -0.122. The van der Waals surface area contributed by atoms with E-state index in [-0.39, 0.29) is 5.91 Å². The van der Waals surface area contributed by atoms with E-state index in [9.17, 15) is 4.79 Å². The Morgan fingerprint density at radius 1 is 0.974 bits per heavy atom. The molecule has 2 aromatic carbocycles. The summed E-state index contributed by atoms with van der Waals surface area (Å²) in [6.45, 7) is 5.60. The Balaban J connectivity index is 1.52. The summed E-state index contributed by atoms with van der Waals surface area (Å²) in [5.74, 6) is 1.21. The second kappa shape index (κ2) is 13.3. The highest BCUT2D eigenvalue weighted by Crippen LogP contribution is 2.18. The summed E-state index contributed by atoms with van der Waals surface area (Å²) in [5, 5.41) is 11.0. The summed E-state index contributed by atoms with van der Waals surface area (Å²) in [4.78, 5) is 26.7. The quantitative estimate of drug-likeness (QED) is 0.206. The van der Waals surface area contributed by atoms with Crippen molar-refractivity contribution in [1.82, 2.24) is 24.8 Å². The molecule has 1 unspecified atom stereocenters. The first kappa shape index (κ1) is 27.4. The van der Waals surface area contributed by atoms with Gasteiger partial charge in [-0.1, -0.05) is 61.3 Å². The number of carbonyl (C=O) groups excluding carboxylic acids is 1. The molecule has 3 N–H and O–H groups in total. The Morgan fingerprint density at radius 3 is 2.50 bits per heavy atom. The van der Waals surface area contributed by atoms with Crippen molar-refractivity contribution in [3.63, 3.8) is 0 Å². The molecule has 198 valence electrons. The number of imidazole rings is 1. The molecule has 0 saturated carbocycles. The molecule has 38 heavy (non-hydrogen) atoms. The number of aromatic nitrogens is 4. The fourth-order valence-electron chi connectivity index (χ4n) is 3.92. The van der Waals surface area contributed by atoms with Gasteiger partial charge in [0.15, 0.2) is 0 Å². The average Bonchev–Trinajstić information content (AvgIpc) is 3.39. The van der Waals surface area contributed by atoms with Crippen molar-refractivity contribution >= 4 is 40.9 Å². The molecule has 2 heterocycles. The van der Waals surface area contributed by atoms with E-state index < -0.39 is 6.04 Å². The second-order valence-electron chi connectivity index (χ2n) is 9.46. The Kier molecular flexibility index (Phi) is 9.56. The number of rotatable bonds is 12. The van der Waals surface area contributed by atoms with Crippen molar-refractivity contribution < 1.29 is 4.79 Å². The van der Waals surface area contributed by atoms with Crippen LogP contribution >= 0.6 is 23.2 Å². The van der Waals surface area contributed by atoms with Crippen molar-refractivity contribution in [3.8, 4) is 0 Å². The van der Waals surface area contributed by atoms with Crippen LogP contribution in [0.2, 0.25) is 10.0 Å². The Bertz CT molecular complexity index is 1330. The van der Waals surface area contributed by atoms with Crippen LogP contribution in [0.3, 0.4) is 0 Å². The first-order chi connectivity index (χ1) is 18.3. The summed E-state index contributed by atoms with van der Waals surface area (Å²) < 4.78 is 1.93. The van der Waals surface area contributed by atoms with Gasteiger partial charge < -0.3 is 20.5 Å². The third-order valence-electron chi connectivity index (χ3n) is 5.75. The van der Waals surface area contributed by atoms with Gasteiger partial charge in [-0.15, -0.1) is 0 Å². The molecule has 0 radical (unpaired) electrons. The number of hydrogen-bond acceptors (Lipinski definition) is 6. The van der Waals surface area contributed by atoms with Gasteiger partial charge in [0, 0.05) is 41.6 Å². The highest BCUT2D eigenvalue weighted by molar-refractivity contribution is 6.30. The van der Waals surface area contributed by atoms with Crippen LogP contribution < -0.4 is 16.0 Å². The normalized spacial score (nSPS) is 11.8. The number of hydrogen-bond donors (Lipinski definition) is 3. The lowest BCUT2D eigenvalue weighted by atomic mass is 10.0. The number of amides is 1. The van der Waals surface area contributed by atoms with Gasteiger partial charge >= 0.3 is 0 Å². The van der Waals surface area contributed by atoms with Crippen molar-refractivity contribution in [2.24, 2.45) is 5.92 Å². The predicted octanol–water partition coefficient (Wildman–Crippen LogP) is 5.78. The zero-order chi connectivity index (χ0) is 26.9. The molecule has 0 spiro atoms. The molecule has 1 amide bonds. The molecule has 0 fully saturated rings. The van der Waals surface area contributed by atoms with Gasteiger partial charge in [0.25, 0.3) is 0 Å². The summed E-state index contributed by atoms with van der Waals surface area (Å²) >= 11 is 12.1. The number of nitrogens with zero attached hydrogens (tertiary/aromatic N) is 4. The maximum absolute atomic E-state index is 13.2. The molecular weight excluding hydrogens is 521 g/mol. The fraction of sp³-hybridized carbons (Fsp3) is 0.286. The molecule has 0 aliphatic rings. The smallest absolute Gasteiger partial charge is 0.242 e. The molecule has 4 aromatic rings. The largest absolute Gasteiger partial charge is 0.358 e. The summed E-state index contributed by atoms with van der Waals surface area (Å²) in [6.07, 6.45) is 5.97. The van der Waals surface area contributed by atoms with Crippen LogP contribution in [0.25, 0.3) is 0 Å². The minimum absolute atomic E-state index is 0.100. The maximum Gasteiger partial charge on any atom is 0.242 e. The Hall–Kier alpha value is -3.62. The first-order valence-electron chi connectivity index (χ1n) is 12.4. The van der Waals surface area contributed by atoms with Crippen molar-refractivity contribution in [1.29, 1.82) is 0 Å². The predicted molar refractivity (Wildman–Crippen MR) is 152 cm³/mol. The third-order valence-corrected chi connectivity index (χ3v) is 6.24. The molecule has 0 aliphatic heterocycles. The topological polar surface area (TPSA) is 96.8 Å². The number of nitrogens with one attached hydrogen (secondary N) is 3. The van der Waals surface area contributed by atoms with E-state index in [2.05, 4.69) is 44.7 Å². The molecule has 1 atom stereocenters. The Morgan fingerprint density at radius 2 is 1.79 bits per heavy atom. The lowest BCUT2D eigenvalue weighted by Crippen LogP contribution is -2.40. The maximum atomic E-state index is 13.2. The van der Waals surface area contributed by atoms with Crippen LogP contribution in [-0.4, -0.2) is 31.5 Å². The molecular formula is C28H31Cl2N7O. The highest BCUT2D eigenvalue weighted by atomic mass is 35.5. The number of carbonyl (C=O) groups is 1. The zero-order valence-corrected chi connectivity index (χ0v) is 22.9.